The number of fused-ring (bicyclic) bond motifs is 1. The number of hydrogen-bond acceptors (Lipinski definition) is 2. The van der Waals surface area contributed by atoms with E-state index >= 15 is 0 Å². The SMILES string of the molecule is CCc1ccc(C(=O)NNC(=O)c2cc3ccc(Cl)cc3[nH]2)cc1. The average molecular weight is 342 g/mol. The van der Waals surface area contributed by atoms with Crippen LogP contribution in [0.1, 0.15) is 33.3 Å². The van der Waals surface area contributed by atoms with Gasteiger partial charge in [-0.3, -0.25) is 20.4 Å². The highest BCUT2D eigenvalue weighted by atomic mass is 35.5. The molecule has 122 valence electrons. The van der Waals surface area contributed by atoms with Gasteiger partial charge in [-0.15, -0.1) is 0 Å². The van der Waals surface area contributed by atoms with E-state index in [1.807, 2.05) is 25.1 Å². The van der Waals surface area contributed by atoms with E-state index in [-0.39, 0.29) is 5.91 Å². The number of benzene rings is 2. The van der Waals surface area contributed by atoms with Gasteiger partial charge in [-0.25, -0.2) is 0 Å². The van der Waals surface area contributed by atoms with Crippen LogP contribution in [0.3, 0.4) is 0 Å². The Morgan fingerprint density at radius 1 is 1.00 bits per heavy atom. The fraction of sp³-hybridized carbons (Fsp3) is 0.111. The minimum atomic E-state index is -0.430. The molecule has 1 heterocycles. The van der Waals surface area contributed by atoms with Gasteiger partial charge in [0.05, 0.1) is 0 Å². The van der Waals surface area contributed by atoms with Gasteiger partial charge in [0.25, 0.3) is 11.8 Å². The topological polar surface area (TPSA) is 74.0 Å². The molecule has 0 saturated carbocycles. The highest BCUT2D eigenvalue weighted by Crippen LogP contribution is 2.19. The van der Waals surface area contributed by atoms with Gasteiger partial charge in [-0.2, -0.15) is 0 Å². The molecule has 6 heteroatoms. The average Bonchev–Trinajstić information content (AvgIpc) is 3.02. The van der Waals surface area contributed by atoms with Crippen LogP contribution in [-0.2, 0) is 6.42 Å². The van der Waals surface area contributed by atoms with Crippen LogP contribution in [-0.4, -0.2) is 16.8 Å². The second-order valence-corrected chi connectivity index (χ2v) is 5.81. The Labute approximate surface area is 144 Å². The predicted molar refractivity (Wildman–Crippen MR) is 94.1 cm³/mol. The molecule has 0 spiro atoms. The van der Waals surface area contributed by atoms with Crippen LogP contribution in [0.15, 0.2) is 48.5 Å². The number of aromatic amines is 1. The van der Waals surface area contributed by atoms with Crippen molar-refractivity contribution >= 4 is 34.3 Å². The second-order valence-electron chi connectivity index (χ2n) is 5.37. The number of hydrogen-bond donors (Lipinski definition) is 3. The molecule has 1 aromatic heterocycles. The monoisotopic (exact) mass is 341 g/mol. The van der Waals surface area contributed by atoms with Crippen molar-refractivity contribution < 1.29 is 9.59 Å². The summed E-state index contributed by atoms with van der Waals surface area (Å²) in [6, 6.07) is 14.2. The van der Waals surface area contributed by atoms with Crippen molar-refractivity contribution in [2.24, 2.45) is 0 Å². The number of halogens is 1. The quantitative estimate of drug-likeness (QED) is 0.638. The fourth-order valence-electron chi connectivity index (χ4n) is 2.37. The summed E-state index contributed by atoms with van der Waals surface area (Å²) in [4.78, 5) is 27.2. The lowest BCUT2D eigenvalue weighted by molar-refractivity contribution is 0.0844. The summed E-state index contributed by atoms with van der Waals surface area (Å²) in [7, 11) is 0. The van der Waals surface area contributed by atoms with E-state index in [1.54, 1.807) is 30.3 Å². The summed E-state index contributed by atoms with van der Waals surface area (Å²) in [5.41, 5.74) is 7.53. The zero-order valence-electron chi connectivity index (χ0n) is 13.0. The van der Waals surface area contributed by atoms with E-state index in [0.717, 1.165) is 22.9 Å². The third-order valence-corrected chi connectivity index (χ3v) is 3.98. The molecular weight excluding hydrogens is 326 g/mol. The molecule has 2 amide bonds. The first-order chi connectivity index (χ1) is 11.6. The Kier molecular flexibility index (Phi) is 4.53. The maximum absolute atomic E-state index is 12.1. The second kappa shape index (κ2) is 6.76. The lowest BCUT2D eigenvalue weighted by Gasteiger charge is -2.06. The van der Waals surface area contributed by atoms with Gasteiger partial charge < -0.3 is 4.98 Å². The summed E-state index contributed by atoms with van der Waals surface area (Å²) in [6.45, 7) is 2.04. The molecule has 0 saturated heterocycles. The van der Waals surface area contributed by atoms with E-state index in [1.165, 1.54) is 0 Å². The van der Waals surface area contributed by atoms with Crippen molar-refractivity contribution in [3.8, 4) is 0 Å². The Hall–Kier alpha value is -2.79. The number of aromatic nitrogens is 1. The lowest BCUT2D eigenvalue weighted by atomic mass is 10.1. The Morgan fingerprint density at radius 2 is 1.71 bits per heavy atom. The van der Waals surface area contributed by atoms with Crippen molar-refractivity contribution in [1.82, 2.24) is 15.8 Å². The van der Waals surface area contributed by atoms with E-state index in [9.17, 15) is 9.59 Å². The molecule has 0 aliphatic carbocycles. The Bertz CT molecular complexity index is 900. The van der Waals surface area contributed by atoms with E-state index < -0.39 is 5.91 Å². The summed E-state index contributed by atoms with van der Waals surface area (Å²) < 4.78 is 0. The molecule has 0 radical (unpaired) electrons. The van der Waals surface area contributed by atoms with Crippen LogP contribution in [0, 0.1) is 0 Å². The molecule has 0 aliphatic rings. The van der Waals surface area contributed by atoms with Crippen molar-refractivity contribution in [2.45, 2.75) is 13.3 Å². The van der Waals surface area contributed by atoms with Gasteiger partial charge in [0.2, 0.25) is 0 Å². The van der Waals surface area contributed by atoms with Crippen molar-refractivity contribution in [2.75, 3.05) is 0 Å². The molecule has 0 aliphatic heterocycles. The third-order valence-electron chi connectivity index (χ3n) is 3.74. The number of carbonyl (C=O) groups is 2. The summed E-state index contributed by atoms with van der Waals surface area (Å²) in [6.07, 6.45) is 0.906. The minimum absolute atomic E-state index is 0.342. The molecule has 3 rings (SSSR count). The molecular formula is C18H16ClN3O2. The van der Waals surface area contributed by atoms with Gasteiger partial charge >= 0.3 is 0 Å². The number of carbonyl (C=O) groups excluding carboxylic acids is 2. The maximum Gasteiger partial charge on any atom is 0.286 e. The Morgan fingerprint density at radius 3 is 2.42 bits per heavy atom. The van der Waals surface area contributed by atoms with Gasteiger partial charge in [0, 0.05) is 21.5 Å². The number of nitrogens with one attached hydrogen (secondary N) is 3. The molecule has 3 N–H and O–H groups in total. The van der Waals surface area contributed by atoms with Crippen molar-refractivity contribution in [1.29, 1.82) is 0 Å². The standard InChI is InChI=1S/C18H16ClN3O2/c1-2-11-3-5-12(6-4-11)17(23)21-22-18(24)16-9-13-7-8-14(19)10-15(13)20-16/h3-10,20H,2H2,1H3,(H,21,23)(H,22,24). The van der Waals surface area contributed by atoms with Gasteiger partial charge in [0.15, 0.2) is 0 Å². The number of aryl methyl sites for hydroxylation is 1. The summed E-state index contributed by atoms with van der Waals surface area (Å²) in [5, 5.41) is 1.45. The number of rotatable bonds is 3. The van der Waals surface area contributed by atoms with Gasteiger partial charge in [-0.05, 0) is 42.3 Å². The largest absolute Gasteiger partial charge is 0.350 e. The van der Waals surface area contributed by atoms with Crippen LogP contribution in [0.2, 0.25) is 5.02 Å². The predicted octanol–water partition coefficient (Wildman–Crippen LogP) is 3.46. The third kappa shape index (κ3) is 3.41. The van der Waals surface area contributed by atoms with Gasteiger partial charge in [-0.1, -0.05) is 36.7 Å². The van der Waals surface area contributed by atoms with E-state index in [0.29, 0.717) is 16.3 Å². The van der Waals surface area contributed by atoms with Crippen molar-refractivity contribution in [3.05, 3.63) is 70.4 Å². The highest BCUT2D eigenvalue weighted by Gasteiger charge is 2.11. The zero-order valence-corrected chi connectivity index (χ0v) is 13.8. The molecule has 2 aromatic carbocycles. The lowest BCUT2D eigenvalue weighted by Crippen LogP contribution is -2.41. The first-order valence-corrected chi connectivity index (χ1v) is 7.92. The first kappa shape index (κ1) is 16.1. The van der Waals surface area contributed by atoms with Gasteiger partial charge in [0.1, 0.15) is 5.69 Å². The van der Waals surface area contributed by atoms with E-state index in [2.05, 4.69) is 15.8 Å². The molecule has 5 nitrogen and oxygen atoms in total. The number of amides is 2. The molecule has 0 atom stereocenters. The molecule has 0 unspecified atom stereocenters. The fourth-order valence-corrected chi connectivity index (χ4v) is 2.54. The molecule has 0 bridgehead atoms. The van der Waals surface area contributed by atoms with Crippen LogP contribution >= 0.6 is 11.6 Å². The van der Waals surface area contributed by atoms with Crippen LogP contribution < -0.4 is 10.9 Å². The highest BCUT2D eigenvalue weighted by molar-refractivity contribution is 6.31. The van der Waals surface area contributed by atoms with Crippen LogP contribution in [0.4, 0.5) is 0 Å². The molecule has 3 aromatic rings. The van der Waals surface area contributed by atoms with Crippen LogP contribution in [0.25, 0.3) is 10.9 Å². The normalized spacial score (nSPS) is 10.6. The zero-order chi connectivity index (χ0) is 17.1. The molecule has 24 heavy (non-hydrogen) atoms. The first-order valence-electron chi connectivity index (χ1n) is 7.54. The van der Waals surface area contributed by atoms with Crippen molar-refractivity contribution in [3.63, 3.8) is 0 Å². The smallest absolute Gasteiger partial charge is 0.286 e. The maximum atomic E-state index is 12.1. The number of hydrazine groups is 1. The number of H-pyrrole nitrogens is 1. The summed E-state index contributed by atoms with van der Waals surface area (Å²) in [5.74, 6) is -0.800. The minimum Gasteiger partial charge on any atom is -0.350 e. The molecule has 0 fully saturated rings. The van der Waals surface area contributed by atoms with Crippen LogP contribution in [0.5, 0.6) is 0 Å². The summed E-state index contributed by atoms with van der Waals surface area (Å²) >= 11 is 5.92. The Balaban J connectivity index is 1.66. The van der Waals surface area contributed by atoms with E-state index in [4.69, 9.17) is 11.6 Å².